The lowest BCUT2D eigenvalue weighted by Crippen LogP contribution is -2.23. The highest BCUT2D eigenvalue weighted by molar-refractivity contribution is 5.74. The SMILES string of the molecule is CC.CC.Cc1ccc(-c2ccc(N(C3=CCC(N)C=C3)c3ccc(C(C)(C)C)cc3)cc2)cc1.Cc1ccc(C)cc1.Cc1ccccc1. The van der Waals surface area contributed by atoms with E-state index in [2.05, 4.69) is 181 Å². The highest BCUT2D eigenvalue weighted by Crippen LogP contribution is 2.35. The number of allylic oxidation sites excluding steroid dienone is 1. The molecule has 0 fully saturated rings. The number of hydrogen-bond donors (Lipinski definition) is 1. The van der Waals surface area contributed by atoms with Gasteiger partial charge in [-0.15, -0.1) is 0 Å². The Morgan fingerprint density at radius 1 is 0.520 bits per heavy atom. The molecule has 1 aliphatic rings. The summed E-state index contributed by atoms with van der Waals surface area (Å²) in [4.78, 5) is 2.31. The average Bonchev–Trinajstić information content (AvgIpc) is 3.14. The third-order valence-corrected chi connectivity index (χ3v) is 8.03. The van der Waals surface area contributed by atoms with Crippen LogP contribution in [0.2, 0.25) is 0 Å². The second-order valence-corrected chi connectivity index (χ2v) is 13.2. The molecule has 0 amide bonds. The first-order valence-electron chi connectivity index (χ1n) is 18.3. The number of hydrogen-bond acceptors (Lipinski definition) is 2. The molecule has 1 aliphatic carbocycles. The van der Waals surface area contributed by atoms with Gasteiger partial charge in [-0.25, -0.2) is 0 Å². The molecular weight excluding hydrogens is 605 g/mol. The number of nitrogens with zero attached hydrogens (tertiary/aromatic N) is 1. The van der Waals surface area contributed by atoms with Gasteiger partial charge in [0, 0.05) is 23.1 Å². The van der Waals surface area contributed by atoms with Crippen molar-refractivity contribution in [2.24, 2.45) is 5.73 Å². The van der Waals surface area contributed by atoms with Gasteiger partial charge in [-0.05, 0) is 86.6 Å². The zero-order valence-corrected chi connectivity index (χ0v) is 32.7. The van der Waals surface area contributed by atoms with E-state index in [0.29, 0.717) is 0 Å². The lowest BCUT2D eigenvalue weighted by atomic mass is 9.87. The minimum Gasteiger partial charge on any atom is -0.324 e. The van der Waals surface area contributed by atoms with Crippen LogP contribution in [0.5, 0.6) is 0 Å². The van der Waals surface area contributed by atoms with Crippen molar-refractivity contribution in [1.29, 1.82) is 0 Å². The van der Waals surface area contributed by atoms with Crippen LogP contribution in [0, 0.1) is 27.7 Å². The summed E-state index contributed by atoms with van der Waals surface area (Å²) in [7, 11) is 0. The van der Waals surface area contributed by atoms with Crippen molar-refractivity contribution in [2.45, 2.75) is 94.0 Å². The number of nitrogens with two attached hydrogens (primary N) is 1. The van der Waals surface area contributed by atoms with Crippen LogP contribution in [-0.2, 0) is 5.41 Å². The highest BCUT2D eigenvalue weighted by Gasteiger charge is 2.18. The zero-order valence-electron chi connectivity index (χ0n) is 32.7. The van der Waals surface area contributed by atoms with Crippen molar-refractivity contribution in [3.05, 3.63) is 179 Å². The fourth-order valence-corrected chi connectivity index (χ4v) is 5.07. The second kappa shape index (κ2) is 21.4. The van der Waals surface area contributed by atoms with E-state index in [9.17, 15) is 0 Å². The van der Waals surface area contributed by atoms with Gasteiger partial charge in [-0.3, -0.25) is 0 Å². The molecular formula is C48H62N2. The van der Waals surface area contributed by atoms with Gasteiger partial charge in [0.05, 0.1) is 0 Å². The number of anilines is 2. The average molecular weight is 667 g/mol. The molecule has 1 unspecified atom stereocenters. The molecule has 0 bridgehead atoms. The number of aryl methyl sites for hydroxylation is 4. The summed E-state index contributed by atoms with van der Waals surface area (Å²) in [5.41, 5.74) is 18.7. The molecule has 2 N–H and O–H groups in total. The van der Waals surface area contributed by atoms with Crippen LogP contribution in [0.15, 0.2) is 151 Å². The Balaban J connectivity index is 0.000000371. The first kappa shape index (κ1) is 41.5. The molecule has 5 aromatic rings. The van der Waals surface area contributed by atoms with E-state index in [1.807, 2.05) is 45.9 Å². The number of benzene rings is 5. The van der Waals surface area contributed by atoms with Gasteiger partial charge in [-0.1, -0.05) is 186 Å². The maximum atomic E-state index is 6.09. The molecule has 2 heteroatoms. The standard InChI is InChI=1S/C29H32N2.C8H10.C7H8.2C2H6/c1-21-5-7-22(8-6-21)23-9-15-26(16-10-23)31(28-19-13-25(30)14-20-28)27-17-11-24(12-18-27)29(2,3)4;1-7-3-5-8(2)6-4-7;1-7-5-3-2-4-6-7;2*1-2/h5-13,15-20,25H,14,30H2,1-4H3;3-6H,1-2H3;2-6H,1H3;2*1-2H3. The summed E-state index contributed by atoms with van der Waals surface area (Å²) >= 11 is 0. The van der Waals surface area contributed by atoms with Crippen molar-refractivity contribution in [2.75, 3.05) is 4.90 Å². The zero-order chi connectivity index (χ0) is 37.1. The summed E-state index contributed by atoms with van der Waals surface area (Å²) in [5, 5.41) is 0. The molecule has 0 saturated heterocycles. The Morgan fingerprint density at radius 2 is 0.900 bits per heavy atom. The summed E-state index contributed by atoms with van der Waals surface area (Å²) < 4.78 is 0. The van der Waals surface area contributed by atoms with Gasteiger partial charge >= 0.3 is 0 Å². The van der Waals surface area contributed by atoms with Crippen molar-refractivity contribution in [3.8, 4) is 11.1 Å². The summed E-state index contributed by atoms with van der Waals surface area (Å²) in [5.74, 6) is 0. The molecule has 0 heterocycles. The molecule has 0 radical (unpaired) electrons. The maximum Gasteiger partial charge on any atom is 0.0461 e. The molecule has 50 heavy (non-hydrogen) atoms. The largest absolute Gasteiger partial charge is 0.324 e. The predicted octanol–water partition coefficient (Wildman–Crippen LogP) is 13.6. The van der Waals surface area contributed by atoms with Crippen LogP contribution in [0.25, 0.3) is 11.1 Å². The molecule has 0 aromatic heterocycles. The van der Waals surface area contributed by atoms with E-state index >= 15 is 0 Å². The molecule has 264 valence electrons. The van der Waals surface area contributed by atoms with Gasteiger partial charge in [-0.2, -0.15) is 0 Å². The second-order valence-electron chi connectivity index (χ2n) is 13.2. The van der Waals surface area contributed by atoms with E-state index < -0.39 is 0 Å². The minimum atomic E-state index is 0.0952. The van der Waals surface area contributed by atoms with Crippen LogP contribution >= 0.6 is 0 Å². The number of rotatable bonds is 4. The van der Waals surface area contributed by atoms with Crippen LogP contribution in [0.1, 0.15) is 82.7 Å². The lowest BCUT2D eigenvalue weighted by molar-refractivity contribution is 0.590. The fourth-order valence-electron chi connectivity index (χ4n) is 5.07. The van der Waals surface area contributed by atoms with Gasteiger partial charge < -0.3 is 10.6 Å². The Labute approximate surface area is 305 Å². The van der Waals surface area contributed by atoms with Crippen molar-refractivity contribution < 1.29 is 0 Å². The van der Waals surface area contributed by atoms with Crippen molar-refractivity contribution in [3.63, 3.8) is 0 Å². The molecule has 0 aliphatic heterocycles. The molecule has 0 spiro atoms. The van der Waals surface area contributed by atoms with Gasteiger partial charge in [0.15, 0.2) is 0 Å². The van der Waals surface area contributed by atoms with E-state index in [-0.39, 0.29) is 11.5 Å². The van der Waals surface area contributed by atoms with E-state index in [4.69, 9.17) is 5.73 Å². The Hall–Kier alpha value is -4.66. The first-order valence-corrected chi connectivity index (χ1v) is 18.3. The van der Waals surface area contributed by atoms with E-state index in [1.54, 1.807) is 0 Å². The predicted molar refractivity (Wildman–Crippen MR) is 224 cm³/mol. The van der Waals surface area contributed by atoms with Crippen molar-refractivity contribution >= 4 is 11.4 Å². The lowest BCUT2D eigenvalue weighted by Gasteiger charge is -2.29. The topological polar surface area (TPSA) is 29.3 Å². The maximum absolute atomic E-state index is 6.09. The van der Waals surface area contributed by atoms with E-state index in [1.165, 1.54) is 38.9 Å². The summed E-state index contributed by atoms with van der Waals surface area (Å²) in [6, 6.07) is 45.3. The van der Waals surface area contributed by atoms with Gasteiger partial charge in [0.25, 0.3) is 0 Å². The quantitative estimate of drug-likeness (QED) is 0.207. The molecule has 5 aromatic carbocycles. The van der Waals surface area contributed by atoms with Crippen LogP contribution < -0.4 is 10.6 Å². The van der Waals surface area contributed by atoms with Crippen molar-refractivity contribution in [1.82, 2.24) is 0 Å². The minimum absolute atomic E-state index is 0.0952. The fraction of sp³-hybridized carbons (Fsp3) is 0.292. The third kappa shape index (κ3) is 13.7. The summed E-state index contributed by atoms with van der Waals surface area (Å²) in [6.07, 6.45) is 7.31. The third-order valence-electron chi connectivity index (χ3n) is 8.03. The van der Waals surface area contributed by atoms with Crippen LogP contribution in [-0.4, -0.2) is 6.04 Å². The smallest absolute Gasteiger partial charge is 0.0461 e. The van der Waals surface area contributed by atoms with Gasteiger partial charge in [0.2, 0.25) is 0 Å². The molecule has 1 atom stereocenters. The first-order chi connectivity index (χ1) is 24.0. The monoisotopic (exact) mass is 666 g/mol. The van der Waals surface area contributed by atoms with E-state index in [0.717, 1.165) is 23.5 Å². The molecule has 6 rings (SSSR count). The Bertz CT molecular complexity index is 1660. The molecule has 2 nitrogen and oxygen atoms in total. The Morgan fingerprint density at radius 3 is 1.26 bits per heavy atom. The van der Waals surface area contributed by atoms with Crippen LogP contribution in [0.4, 0.5) is 11.4 Å². The van der Waals surface area contributed by atoms with Crippen LogP contribution in [0.3, 0.4) is 0 Å². The van der Waals surface area contributed by atoms with Gasteiger partial charge in [0.1, 0.15) is 0 Å². The Kier molecular flexibility index (Phi) is 17.8. The normalized spacial score (nSPS) is 13.0. The highest BCUT2D eigenvalue weighted by atomic mass is 15.1. The summed E-state index contributed by atoms with van der Waals surface area (Å²) in [6.45, 7) is 23.1. The molecule has 0 saturated carbocycles.